The van der Waals surface area contributed by atoms with Crippen LogP contribution >= 0.6 is 11.6 Å². The van der Waals surface area contributed by atoms with Crippen LogP contribution in [-0.4, -0.2) is 23.7 Å². The van der Waals surface area contributed by atoms with Gasteiger partial charge in [0.2, 0.25) is 0 Å². The molecule has 2 rings (SSSR count). The number of urea groups is 1. The van der Waals surface area contributed by atoms with Gasteiger partial charge in [-0.3, -0.25) is 0 Å². The van der Waals surface area contributed by atoms with E-state index in [1.165, 1.54) is 37.5 Å². The predicted octanol–water partition coefficient (Wildman–Crippen LogP) is 3.35. The highest BCUT2D eigenvalue weighted by Crippen LogP contribution is 2.28. The van der Waals surface area contributed by atoms with Crippen LogP contribution in [0, 0.1) is 5.92 Å². The lowest BCUT2D eigenvalue weighted by molar-refractivity contribution is 0.0697. The molecule has 0 bridgehead atoms. The molecule has 0 radical (unpaired) electrons. The van der Waals surface area contributed by atoms with Gasteiger partial charge in [-0.05, 0) is 30.5 Å². The summed E-state index contributed by atoms with van der Waals surface area (Å²) in [6, 6.07) is 4.01. The van der Waals surface area contributed by atoms with Gasteiger partial charge in [-0.1, -0.05) is 30.9 Å². The number of hydrogen-bond acceptors (Lipinski definition) is 2. The van der Waals surface area contributed by atoms with Crippen molar-refractivity contribution in [3.63, 3.8) is 0 Å². The Morgan fingerprint density at radius 2 is 2.10 bits per heavy atom. The van der Waals surface area contributed by atoms with Crippen molar-refractivity contribution >= 4 is 29.3 Å². The third kappa shape index (κ3) is 3.87. The Balaban J connectivity index is 1.81. The van der Waals surface area contributed by atoms with E-state index in [2.05, 4.69) is 10.6 Å². The Kier molecular flexibility index (Phi) is 4.84. The van der Waals surface area contributed by atoms with Gasteiger partial charge in [-0.25, -0.2) is 9.59 Å². The average Bonchev–Trinajstić information content (AvgIpc) is 2.32. The van der Waals surface area contributed by atoms with Crippen LogP contribution in [0.4, 0.5) is 10.5 Å². The summed E-state index contributed by atoms with van der Waals surface area (Å²) >= 11 is 5.83. The van der Waals surface area contributed by atoms with Crippen molar-refractivity contribution < 1.29 is 14.7 Å². The fourth-order valence-corrected chi connectivity index (χ4v) is 2.37. The van der Waals surface area contributed by atoms with E-state index in [0.29, 0.717) is 12.2 Å². The van der Waals surface area contributed by atoms with Crippen LogP contribution in [0.15, 0.2) is 18.2 Å². The lowest BCUT2D eigenvalue weighted by atomic mass is 9.83. The van der Waals surface area contributed by atoms with Gasteiger partial charge in [0, 0.05) is 12.2 Å². The number of rotatable bonds is 5. The second kappa shape index (κ2) is 6.61. The maximum atomic E-state index is 11.6. The minimum absolute atomic E-state index is 0.0163. The Morgan fingerprint density at radius 3 is 2.65 bits per heavy atom. The summed E-state index contributed by atoms with van der Waals surface area (Å²) < 4.78 is 0. The molecule has 1 aliphatic rings. The number of carboxylic acid groups (broad SMARTS) is 1. The highest BCUT2D eigenvalue weighted by atomic mass is 35.5. The summed E-state index contributed by atoms with van der Waals surface area (Å²) in [5, 5.41) is 14.4. The van der Waals surface area contributed by atoms with Crippen LogP contribution < -0.4 is 10.6 Å². The quantitative estimate of drug-likeness (QED) is 0.779. The number of carboxylic acids is 1. The molecule has 6 heteroatoms. The summed E-state index contributed by atoms with van der Waals surface area (Å²) in [6.45, 7) is 0.650. The van der Waals surface area contributed by atoms with Crippen LogP contribution in [0.2, 0.25) is 5.02 Å². The number of halogens is 1. The number of carbonyl (C=O) groups excluding carboxylic acids is 1. The standard InChI is InChI=1S/C14H17ClN2O3/c15-12-8-10(4-5-11(12)13(18)19)17-14(20)16-7-6-9-2-1-3-9/h4-5,8-9H,1-3,6-7H2,(H,18,19)(H2,16,17,20). The number of anilines is 1. The van der Waals surface area contributed by atoms with Gasteiger partial charge in [0.15, 0.2) is 0 Å². The summed E-state index contributed by atoms with van der Waals surface area (Å²) in [5.74, 6) is -0.342. The molecular formula is C14H17ClN2O3. The van der Waals surface area contributed by atoms with E-state index in [9.17, 15) is 9.59 Å². The summed E-state index contributed by atoms with van der Waals surface area (Å²) in [6.07, 6.45) is 4.82. The zero-order chi connectivity index (χ0) is 14.5. The lowest BCUT2D eigenvalue weighted by Crippen LogP contribution is -2.31. The molecule has 1 aliphatic carbocycles. The van der Waals surface area contributed by atoms with Gasteiger partial charge in [0.1, 0.15) is 0 Å². The van der Waals surface area contributed by atoms with Crippen LogP contribution in [0.5, 0.6) is 0 Å². The van der Waals surface area contributed by atoms with Crippen molar-refractivity contribution in [2.75, 3.05) is 11.9 Å². The molecule has 1 aromatic rings. The molecule has 0 aromatic heterocycles. The molecule has 108 valence electrons. The van der Waals surface area contributed by atoms with E-state index in [0.717, 1.165) is 12.3 Å². The van der Waals surface area contributed by atoms with Crippen molar-refractivity contribution in [1.29, 1.82) is 0 Å². The fraction of sp³-hybridized carbons (Fsp3) is 0.429. The summed E-state index contributed by atoms with van der Waals surface area (Å²) in [5.41, 5.74) is 0.490. The maximum absolute atomic E-state index is 11.6. The van der Waals surface area contributed by atoms with Gasteiger partial charge in [0.05, 0.1) is 10.6 Å². The Bertz CT molecular complexity index is 515. The number of aromatic carboxylic acids is 1. The first-order chi connectivity index (χ1) is 9.56. The number of carbonyl (C=O) groups is 2. The van der Waals surface area contributed by atoms with Gasteiger partial charge in [-0.15, -0.1) is 0 Å². The first-order valence-corrected chi connectivity index (χ1v) is 7.02. The molecule has 3 N–H and O–H groups in total. The third-order valence-corrected chi connectivity index (χ3v) is 3.83. The molecule has 20 heavy (non-hydrogen) atoms. The molecule has 0 heterocycles. The second-order valence-electron chi connectivity index (χ2n) is 4.97. The van der Waals surface area contributed by atoms with E-state index >= 15 is 0 Å². The van der Waals surface area contributed by atoms with Gasteiger partial charge in [-0.2, -0.15) is 0 Å². The molecule has 0 unspecified atom stereocenters. The average molecular weight is 297 g/mol. The van der Waals surface area contributed by atoms with E-state index < -0.39 is 5.97 Å². The minimum atomic E-state index is -1.09. The Hall–Kier alpha value is -1.75. The van der Waals surface area contributed by atoms with E-state index in [1.54, 1.807) is 0 Å². The normalized spacial score (nSPS) is 14.4. The van der Waals surface area contributed by atoms with E-state index in [4.69, 9.17) is 16.7 Å². The maximum Gasteiger partial charge on any atom is 0.337 e. The molecule has 1 fully saturated rings. The number of benzene rings is 1. The first-order valence-electron chi connectivity index (χ1n) is 6.64. The zero-order valence-corrected chi connectivity index (χ0v) is 11.7. The molecular weight excluding hydrogens is 280 g/mol. The molecule has 5 nitrogen and oxygen atoms in total. The van der Waals surface area contributed by atoms with Crippen LogP contribution in [0.1, 0.15) is 36.0 Å². The molecule has 0 aliphatic heterocycles. The van der Waals surface area contributed by atoms with Gasteiger partial charge in [0.25, 0.3) is 0 Å². The SMILES string of the molecule is O=C(NCCC1CCC1)Nc1ccc(C(=O)O)c(Cl)c1. The second-order valence-corrected chi connectivity index (χ2v) is 5.37. The van der Waals surface area contributed by atoms with Gasteiger partial charge >= 0.3 is 12.0 Å². The molecule has 1 aromatic carbocycles. The molecule has 0 atom stereocenters. The van der Waals surface area contributed by atoms with E-state index in [-0.39, 0.29) is 16.6 Å². The highest BCUT2D eigenvalue weighted by molar-refractivity contribution is 6.33. The van der Waals surface area contributed by atoms with Crippen molar-refractivity contribution in [3.8, 4) is 0 Å². The monoisotopic (exact) mass is 296 g/mol. The Labute approximate surface area is 122 Å². The van der Waals surface area contributed by atoms with Crippen LogP contribution in [0.25, 0.3) is 0 Å². The van der Waals surface area contributed by atoms with Gasteiger partial charge < -0.3 is 15.7 Å². The number of hydrogen-bond donors (Lipinski definition) is 3. The van der Waals surface area contributed by atoms with Crippen LogP contribution in [0.3, 0.4) is 0 Å². The summed E-state index contributed by atoms with van der Waals surface area (Å²) in [7, 11) is 0. The fourth-order valence-electron chi connectivity index (χ4n) is 2.11. The highest BCUT2D eigenvalue weighted by Gasteiger charge is 2.17. The minimum Gasteiger partial charge on any atom is -0.478 e. The summed E-state index contributed by atoms with van der Waals surface area (Å²) in [4.78, 5) is 22.5. The lowest BCUT2D eigenvalue weighted by Gasteiger charge is -2.25. The molecule has 2 amide bonds. The number of amides is 2. The molecule has 0 spiro atoms. The zero-order valence-electron chi connectivity index (χ0n) is 11.0. The molecule has 1 saturated carbocycles. The van der Waals surface area contributed by atoms with Crippen molar-refractivity contribution in [1.82, 2.24) is 5.32 Å². The van der Waals surface area contributed by atoms with Crippen molar-refractivity contribution in [2.24, 2.45) is 5.92 Å². The Morgan fingerprint density at radius 1 is 1.35 bits per heavy atom. The largest absolute Gasteiger partial charge is 0.478 e. The van der Waals surface area contributed by atoms with Crippen molar-refractivity contribution in [3.05, 3.63) is 28.8 Å². The predicted molar refractivity (Wildman–Crippen MR) is 77.4 cm³/mol. The first kappa shape index (κ1) is 14.7. The topological polar surface area (TPSA) is 78.4 Å². The smallest absolute Gasteiger partial charge is 0.337 e. The molecule has 0 saturated heterocycles. The number of nitrogens with one attached hydrogen (secondary N) is 2. The third-order valence-electron chi connectivity index (χ3n) is 3.52. The van der Waals surface area contributed by atoms with Crippen LogP contribution in [-0.2, 0) is 0 Å². The van der Waals surface area contributed by atoms with E-state index in [1.807, 2.05) is 0 Å². The van der Waals surface area contributed by atoms with Crippen molar-refractivity contribution in [2.45, 2.75) is 25.7 Å².